The zero-order valence-electron chi connectivity index (χ0n) is 14.2. The molecule has 0 spiro atoms. The minimum absolute atomic E-state index is 0.0901. The molecule has 4 rings (SSSR count). The van der Waals surface area contributed by atoms with E-state index in [1.54, 1.807) is 24.3 Å². The fourth-order valence-corrected chi connectivity index (χ4v) is 4.61. The normalized spacial score (nSPS) is 14.7. The number of nitrogens with zero attached hydrogens (tertiary/aromatic N) is 1. The first-order chi connectivity index (χ1) is 13.1. The summed E-state index contributed by atoms with van der Waals surface area (Å²) >= 11 is 2.77. The monoisotopic (exact) mass is 402 g/mol. The Hall–Kier alpha value is -2.25. The van der Waals surface area contributed by atoms with Crippen molar-refractivity contribution in [1.82, 2.24) is 10.3 Å². The highest BCUT2D eigenvalue weighted by molar-refractivity contribution is 8.01. The number of nitrogens with one attached hydrogen (secondary N) is 1. The first-order valence-electron chi connectivity index (χ1n) is 8.52. The molecule has 138 valence electrons. The summed E-state index contributed by atoms with van der Waals surface area (Å²) in [5.74, 6) is -0.720. The van der Waals surface area contributed by atoms with Gasteiger partial charge in [0.1, 0.15) is 16.9 Å². The van der Waals surface area contributed by atoms with E-state index in [1.165, 1.54) is 47.4 Å². The first kappa shape index (κ1) is 18.1. The van der Waals surface area contributed by atoms with Gasteiger partial charge in [-0.3, -0.25) is 4.79 Å². The van der Waals surface area contributed by atoms with Gasteiger partial charge in [0.25, 0.3) is 0 Å². The van der Waals surface area contributed by atoms with Crippen LogP contribution in [0.25, 0.3) is 11.3 Å². The maximum atomic E-state index is 13.3. The third kappa shape index (κ3) is 4.54. The van der Waals surface area contributed by atoms with Crippen molar-refractivity contribution in [3.63, 3.8) is 0 Å². The lowest BCUT2D eigenvalue weighted by Gasteiger charge is -2.15. The van der Waals surface area contributed by atoms with Crippen molar-refractivity contribution >= 4 is 29.0 Å². The van der Waals surface area contributed by atoms with Crippen molar-refractivity contribution in [3.05, 3.63) is 71.1 Å². The van der Waals surface area contributed by atoms with Crippen molar-refractivity contribution < 1.29 is 13.6 Å². The summed E-state index contributed by atoms with van der Waals surface area (Å²) < 4.78 is 27.1. The van der Waals surface area contributed by atoms with Gasteiger partial charge < -0.3 is 5.32 Å². The number of hydrogen-bond donors (Lipinski definition) is 1. The maximum absolute atomic E-state index is 13.3. The number of halogens is 2. The van der Waals surface area contributed by atoms with Crippen LogP contribution in [-0.2, 0) is 4.79 Å². The smallest absolute Gasteiger partial charge is 0.238 e. The molecule has 1 unspecified atom stereocenters. The second kappa shape index (κ2) is 7.78. The zero-order chi connectivity index (χ0) is 18.8. The van der Waals surface area contributed by atoms with Gasteiger partial charge in [-0.1, -0.05) is 23.9 Å². The van der Waals surface area contributed by atoms with Crippen molar-refractivity contribution in [2.24, 2.45) is 0 Å². The largest absolute Gasteiger partial charge is 0.352 e. The van der Waals surface area contributed by atoms with Crippen LogP contribution in [0.5, 0.6) is 0 Å². The highest BCUT2D eigenvalue weighted by atomic mass is 32.2. The summed E-state index contributed by atoms with van der Waals surface area (Å²) in [7, 11) is 0. The van der Waals surface area contributed by atoms with Crippen molar-refractivity contribution in [3.8, 4) is 11.3 Å². The van der Waals surface area contributed by atoms with Gasteiger partial charge in [-0.25, -0.2) is 13.8 Å². The van der Waals surface area contributed by atoms with Crippen LogP contribution in [0.15, 0.2) is 58.3 Å². The quantitative estimate of drug-likeness (QED) is 0.576. The molecule has 3 nitrogen and oxygen atoms in total. The van der Waals surface area contributed by atoms with E-state index in [0.717, 1.165) is 34.0 Å². The summed E-state index contributed by atoms with van der Waals surface area (Å²) in [6.45, 7) is 0. The Labute approximate surface area is 163 Å². The Balaban J connectivity index is 1.56. The van der Waals surface area contributed by atoms with Crippen molar-refractivity contribution in [1.29, 1.82) is 0 Å². The average Bonchev–Trinajstić information content (AvgIpc) is 3.35. The molecule has 27 heavy (non-hydrogen) atoms. The van der Waals surface area contributed by atoms with Crippen molar-refractivity contribution in [2.45, 2.75) is 28.5 Å². The van der Waals surface area contributed by atoms with Gasteiger partial charge >= 0.3 is 0 Å². The van der Waals surface area contributed by atoms with E-state index in [4.69, 9.17) is 0 Å². The number of carbonyl (C=O) groups excluding carboxylic acids is 1. The minimum atomic E-state index is -0.501. The van der Waals surface area contributed by atoms with Crippen molar-refractivity contribution in [2.75, 3.05) is 0 Å². The van der Waals surface area contributed by atoms with Gasteiger partial charge in [-0.2, -0.15) is 0 Å². The van der Waals surface area contributed by atoms with Crippen LogP contribution in [0.4, 0.5) is 8.78 Å². The Morgan fingerprint density at radius 2 is 1.70 bits per heavy atom. The Morgan fingerprint density at radius 3 is 2.33 bits per heavy atom. The molecule has 7 heteroatoms. The molecule has 0 radical (unpaired) electrons. The Kier molecular flexibility index (Phi) is 5.22. The SMILES string of the molecule is O=C(NC1CC1)C(Sc1nc(-c2ccc(F)cc2)cs1)c1ccc(F)cc1. The van der Waals surface area contributed by atoms with E-state index in [-0.39, 0.29) is 23.6 Å². The number of rotatable bonds is 6. The highest BCUT2D eigenvalue weighted by Gasteiger charge is 2.29. The third-order valence-corrected chi connectivity index (χ3v) is 6.40. The molecule has 1 fully saturated rings. The molecule has 0 saturated heterocycles. The third-order valence-electron chi connectivity index (χ3n) is 4.18. The number of aromatic nitrogens is 1. The van der Waals surface area contributed by atoms with Crippen LogP contribution in [0.1, 0.15) is 23.7 Å². The Bertz CT molecular complexity index is 937. The molecular formula is C20H16F2N2OS2. The van der Waals surface area contributed by atoms with E-state index in [1.807, 2.05) is 5.38 Å². The molecule has 1 aromatic heterocycles. The van der Waals surface area contributed by atoms with Gasteiger partial charge in [-0.05, 0) is 54.8 Å². The fraction of sp³-hybridized carbons (Fsp3) is 0.200. The number of carbonyl (C=O) groups is 1. The molecule has 3 aromatic rings. The molecule has 2 aromatic carbocycles. The molecule has 0 bridgehead atoms. The average molecular weight is 402 g/mol. The maximum Gasteiger partial charge on any atom is 0.238 e. The fourth-order valence-electron chi connectivity index (χ4n) is 2.58. The lowest BCUT2D eigenvalue weighted by molar-refractivity contribution is -0.120. The number of thiazole rings is 1. The number of thioether (sulfide) groups is 1. The predicted octanol–water partition coefficient (Wildman–Crippen LogP) is 5.20. The highest BCUT2D eigenvalue weighted by Crippen LogP contribution is 2.39. The van der Waals surface area contributed by atoms with E-state index >= 15 is 0 Å². The van der Waals surface area contributed by atoms with Gasteiger partial charge in [0.2, 0.25) is 5.91 Å². The second-order valence-corrected chi connectivity index (χ2v) is 8.55. The molecule has 1 atom stereocenters. The number of hydrogen-bond acceptors (Lipinski definition) is 4. The summed E-state index contributed by atoms with van der Waals surface area (Å²) in [6.07, 6.45) is 2.00. The molecule has 1 heterocycles. The minimum Gasteiger partial charge on any atom is -0.352 e. The van der Waals surface area contributed by atoms with Crippen LogP contribution in [0, 0.1) is 11.6 Å². The first-order valence-corrected chi connectivity index (χ1v) is 10.3. The molecule has 1 N–H and O–H groups in total. The molecule has 0 aliphatic heterocycles. The summed E-state index contributed by atoms with van der Waals surface area (Å²) in [6, 6.07) is 12.4. The molecule has 1 aliphatic carbocycles. The van der Waals surface area contributed by atoms with Crippen LogP contribution in [-0.4, -0.2) is 16.9 Å². The lowest BCUT2D eigenvalue weighted by Crippen LogP contribution is -2.29. The van der Waals surface area contributed by atoms with E-state index < -0.39 is 5.25 Å². The summed E-state index contributed by atoms with van der Waals surface area (Å²) in [5.41, 5.74) is 2.29. The number of benzene rings is 2. The van der Waals surface area contributed by atoms with Crippen LogP contribution < -0.4 is 5.32 Å². The molecule has 1 aliphatic rings. The van der Waals surface area contributed by atoms with Crippen LogP contribution in [0.2, 0.25) is 0 Å². The topological polar surface area (TPSA) is 42.0 Å². The number of amides is 1. The standard InChI is InChI=1S/C20H16F2N2OS2/c21-14-5-1-12(2-6-14)17-11-26-20(24-17)27-18(19(25)23-16-9-10-16)13-3-7-15(22)8-4-13/h1-8,11,16,18H,9-10H2,(H,23,25). The molecular weight excluding hydrogens is 386 g/mol. The summed E-state index contributed by atoms with van der Waals surface area (Å²) in [5, 5.41) is 4.40. The molecule has 1 saturated carbocycles. The van der Waals surface area contributed by atoms with E-state index in [0.29, 0.717) is 0 Å². The van der Waals surface area contributed by atoms with Gasteiger partial charge in [0.15, 0.2) is 4.34 Å². The Morgan fingerprint density at radius 1 is 1.07 bits per heavy atom. The molecule has 1 amide bonds. The lowest BCUT2D eigenvalue weighted by atomic mass is 10.1. The van der Waals surface area contributed by atoms with Crippen LogP contribution in [0.3, 0.4) is 0 Å². The van der Waals surface area contributed by atoms with Gasteiger partial charge in [-0.15, -0.1) is 11.3 Å². The van der Waals surface area contributed by atoms with E-state index in [2.05, 4.69) is 10.3 Å². The van der Waals surface area contributed by atoms with Gasteiger partial charge in [0.05, 0.1) is 5.69 Å². The summed E-state index contributed by atoms with van der Waals surface area (Å²) in [4.78, 5) is 17.3. The zero-order valence-corrected chi connectivity index (χ0v) is 15.8. The van der Waals surface area contributed by atoms with Gasteiger partial charge in [0, 0.05) is 17.0 Å². The predicted molar refractivity (Wildman–Crippen MR) is 104 cm³/mol. The van der Waals surface area contributed by atoms with E-state index in [9.17, 15) is 13.6 Å². The second-order valence-electron chi connectivity index (χ2n) is 6.34. The van der Waals surface area contributed by atoms with Crippen LogP contribution >= 0.6 is 23.1 Å².